The van der Waals surface area contributed by atoms with Gasteiger partial charge < -0.3 is 4.18 Å². The molecule has 0 aliphatic carbocycles. The van der Waals surface area contributed by atoms with Crippen molar-refractivity contribution in [3.05, 3.63) is 71.0 Å². The van der Waals surface area contributed by atoms with Crippen LogP contribution in [0.3, 0.4) is 0 Å². The highest BCUT2D eigenvalue weighted by molar-refractivity contribution is 7.94. The van der Waals surface area contributed by atoms with Crippen LogP contribution in [0.15, 0.2) is 59.9 Å². The number of hydrogen-bond acceptors (Lipinski definition) is 8. The molecule has 142 valence electrons. The van der Waals surface area contributed by atoms with Gasteiger partial charge in [0.15, 0.2) is 17.1 Å². The van der Waals surface area contributed by atoms with Crippen molar-refractivity contribution in [2.45, 2.75) is 0 Å². The zero-order chi connectivity index (χ0) is 20.0. The smallest absolute Gasteiger partial charge is 0.350 e. The van der Waals surface area contributed by atoms with Crippen LogP contribution in [-0.4, -0.2) is 41.4 Å². The molecule has 0 aliphatic heterocycles. The summed E-state index contributed by atoms with van der Waals surface area (Å²) in [6.45, 7) is 0. The van der Waals surface area contributed by atoms with Crippen molar-refractivity contribution in [2.75, 3.05) is 6.26 Å². The van der Waals surface area contributed by atoms with Gasteiger partial charge in [-0.3, -0.25) is 4.79 Å². The summed E-state index contributed by atoms with van der Waals surface area (Å²) in [5, 5.41) is 0.959. The first-order valence-corrected chi connectivity index (χ1v) is 9.67. The summed E-state index contributed by atoms with van der Waals surface area (Å²) in [5.41, 5.74) is 1.32. The van der Waals surface area contributed by atoms with Gasteiger partial charge in [0.2, 0.25) is 0 Å². The number of carbonyl (C=O) groups is 1. The molecule has 5 rings (SSSR count). The van der Waals surface area contributed by atoms with E-state index in [0.29, 0.717) is 33.6 Å². The van der Waals surface area contributed by atoms with Gasteiger partial charge in [0.05, 0.1) is 23.1 Å². The fraction of sp³-hybridized carbons (Fsp3) is 0.0526. The Hall–Kier alpha value is -3.79. The molecule has 0 fully saturated rings. The standard InChI is InChI=1S/C19H12N6O3S/c1-29-28-19(27)11-5-6-12-14(8-11)24(15-4-2-3-7-21-15)25-17(12)23-16-13(18(25)26)9-20-10-22-16/h2-10H,1H3. The Kier molecular flexibility index (Phi) is 3.98. The summed E-state index contributed by atoms with van der Waals surface area (Å²) in [4.78, 5) is 42.5. The first-order valence-electron chi connectivity index (χ1n) is 8.52. The van der Waals surface area contributed by atoms with Gasteiger partial charge in [-0.1, -0.05) is 6.07 Å². The molecule has 0 atom stereocenters. The molecule has 0 radical (unpaired) electrons. The van der Waals surface area contributed by atoms with E-state index >= 15 is 0 Å². The topological polar surface area (TPSA) is 104 Å². The Morgan fingerprint density at radius 2 is 2.03 bits per heavy atom. The predicted molar refractivity (Wildman–Crippen MR) is 108 cm³/mol. The van der Waals surface area contributed by atoms with Crippen LogP contribution >= 0.6 is 12.0 Å². The number of pyridine rings is 1. The largest absolute Gasteiger partial charge is 0.388 e. The minimum absolute atomic E-state index is 0.284. The lowest BCUT2D eigenvalue weighted by Gasteiger charge is -2.07. The maximum atomic E-state index is 13.3. The van der Waals surface area contributed by atoms with Crippen LogP contribution < -0.4 is 5.56 Å². The van der Waals surface area contributed by atoms with Gasteiger partial charge in [-0.15, -0.1) is 0 Å². The highest BCUT2D eigenvalue weighted by Crippen LogP contribution is 2.25. The fourth-order valence-corrected chi connectivity index (χ4v) is 3.49. The van der Waals surface area contributed by atoms with Crippen molar-refractivity contribution in [2.24, 2.45) is 0 Å². The Balaban J connectivity index is 1.97. The molecule has 29 heavy (non-hydrogen) atoms. The van der Waals surface area contributed by atoms with E-state index in [0.717, 1.165) is 12.0 Å². The summed E-state index contributed by atoms with van der Waals surface area (Å²) in [7, 11) is 0. The van der Waals surface area contributed by atoms with Gasteiger partial charge in [-0.05, 0) is 30.3 Å². The molecule has 0 aliphatic rings. The SMILES string of the molecule is CSOC(=O)c1ccc2c(c1)n(-c1ccccn1)n1c(=O)c3cncnc3nc21. The number of benzene rings is 1. The Labute approximate surface area is 167 Å². The van der Waals surface area contributed by atoms with Gasteiger partial charge in [0.1, 0.15) is 11.7 Å². The van der Waals surface area contributed by atoms with Gasteiger partial charge >= 0.3 is 5.97 Å². The average Bonchev–Trinajstić information content (AvgIpc) is 3.08. The first kappa shape index (κ1) is 17.3. The van der Waals surface area contributed by atoms with E-state index in [1.165, 1.54) is 17.0 Å². The summed E-state index contributed by atoms with van der Waals surface area (Å²) in [5.74, 6) is 0.0246. The van der Waals surface area contributed by atoms with E-state index in [1.54, 1.807) is 47.5 Å². The molecule has 0 saturated carbocycles. The highest BCUT2D eigenvalue weighted by Gasteiger charge is 2.20. The van der Waals surface area contributed by atoms with Crippen LogP contribution in [0.4, 0.5) is 0 Å². The number of aromatic nitrogens is 6. The average molecular weight is 404 g/mol. The molecule has 0 spiro atoms. The first-order chi connectivity index (χ1) is 14.2. The molecule has 0 saturated heterocycles. The van der Waals surface area contributed by atoms with E-state index in [2.05, 4.69) is 19.9 Å². The van der Waals surface area contributed by atoms with Crippen molar-refractivity contribution < 1.29 is 8.98 Å². The second-order valence-corrected chi connectivity index (χ2v) is 6.58. The van der Waals surface area contributed by atoms with Crippen molar-refractivity contribution in [3.63, 3.8) is 0 Å². The molecule has 0 unspecified atom stereocenters. The lowest BCUT2D eigenvalue weighted by atomic mass is 10.1. The van der Waals surface area contributed by atoms with Gasteiger partial charge in [0.25, 0.3) is 5.56 Å². The van der Waals surface area contributed by atoms with Crippen LogP contribution in [0, 0.1) is 0 Å². The van der Waals surface area contributed by atoms with Crippen LogP contribution in [0.25, 0.3) is 33.4 Å². The zero-order valence-electron chi connectivity index (χ0n) is 15.0. The summed E-state index contributed by atoms with van der Waals surface area (Å²) < 4.78 is 8.08. The van der Waals surface area contributed by atoms with Crippen molar-refractivity contribution >= 4 is 45.6 Å². The maximum absolute atomic E-state index is 13.3. The van der Waals surface area contributed by atoms with Crippen LogP contribution in [0.2, 0.25) is 0 Å². The Bertz CT molecular complexity index is 1460. The minimum Gasteiger partial charge on any atom is -0.388 e. The van der Waals surface area contributed by atoms with E-state index in [1.807, 2.05) is 6.07 Å². The molecule has 10 heteroatoms. The molecular weight excluding hydrogens is 392 g/mol. The predicted octanol–water partition coefficient (Wildman–Crippen LogP) is 2.41. The Morgan fingerprint density at radius 1 is 1.14 bits per heavy atom. The quantitative estimate of drug-likeness (QED) is 0.422. The Morgan fingerprint density at radius 3 is 2.83 bits per heavy atom. The molecule has 5 aromatic rings. The summed E-state index contributed by atoms with van der Waals surface area (Å²) >= 11 is 0.968. The molecule has 4 aromatic heterocycles. The number of hydrogen-bond donors (Lipinski definition) is 0. The molecule has 9 nitrogen and oxygen atoms in total. The number of carbonyl (C=O) groups excluding carboxylic acids is 1. The van der Waals surface area contributed by atoms with E-state index in [-0.39, 0.29) is 10.9 Å². The lowest BCUT2D eigenvalue weighted by Crippen LogP contribution is -2.21. The maximum Gasteiger partial charge on any atom is 0.350 e. The van der Waals surface area contributed by atoms with Gasteiger partial charge in [0, 0.05) is 24.0 Å². The van der Waals surface area contributed by atoms with E-state index in [9.17, 15) is 9.59 Å². The fourth-order valence-electron chi connectivity index (χ4n) is 3.24. The summed E-state index contributed by atoms with van der Waals surface area (Å²) in [6.07, 6.45) is 6.07. The van der Waals surface area contributed by atoms with Crippen LogP contribution in [-0.2, 0) is 4.18 Å². The zero-order valence-corrected chi connectivity index (χ0v) is 15.8. The second kappa shape index (κ2) is 6.67. The van der Waals surface area contributed by atoms with E-state index < -0.39 is 5.97 Å². The number of nitrogens with zero attached hydrogens (tertiary/aromatic N) is 6. The third kappa shape index (κ3) is 2.64. The second-order valence-electron chi connectivity index (χ2n) is 6.08. The summed E-state index contributed by atoms with van der Waals surface area (Å²) in [6, 6.07) is 10.4. The molecule has 0 bridgehead atoms. The van der Waals surface area contributed by atoms with E-state index in [4.69, 9.17) is 4.18 Å². The minimum atomic E-state index is -0.478. The third-order valence-corrected chi connectivity index (χ3v) is 4.77. The van der Waals surface area contributed by atoms with Crippen LogP contribution in [0.5, 0.6) is 0 Å². The van der Waals surface area contributed by atoms with Gasteiger partial charge in [-0.25, -0.2) is 29.4 Å². The monoisotopic (exact) mass is 404 g/mol. The molecule has 4 heterocycles. The number of fused-ring (bicyclic) bond motifs is 4. The number of rotatable bonds is 3. The van der Waals surface area contributed by atoms with Crippen molar-refractivity contribution in [3.8, 4) is 5.82 Å². The molecular formula is C19H12N6O3S. The van der Waals surface area contributed by atoms with Gasteiger partial charge in [-0.2, -0.15) is 4.52 Å². The molecule has 0 N–H and O–H groups in total. The normalized spacial score (nSPS) is 11.3. The molecule has 0 amide bonds. The van der Waals surface area contributed by atoms with Crippen molar-refractivity contribution in [1.29, 1.82) is 0 Å². The lowest BCUT2D eigenvalue weighted by molar-refractivity contribution is 0.0769. The van der Waals surface area contributed by atoms with Crippen molar-refractivity contribution in [1.82, 2.24) is 29.1 Å². The third-order valence-electron chi connectivity index (χ3n) is 4.45. The molecule has 1 aromatic carbocycles. The van der Waals surface area contributed by atoms with Crippen LogP contribution in [0.1, 0.15) is 10.4 Å². The highest BCUT2D eigenvalue weighted by atomic mass is 32.2.